The van der Waals surface area contributed by atoms with Crippen LogP contribution in [-0.4, -0.2) is 29.7 Å². The first-order valence-corrected chi connectivity index (χ1v) is 8.86. The molecule has 0 saturated carbocycles. The van der Waals surface area contributed by atoms with Gasteiger partial charge in [0.25, 0.3) is 0 Å². The molecule has 1 aliphatic heterocycles. The maximum atomic E-state index is 12.6. The molecular formula is C20H18ClN2O4-. The van der Waals surface area contributed by atoms with Crippen LogP contribution in [0, 0.1) is 0 Å². The highest BCUT2D eigenvalue weighted by molar-refractivity contribution is 6.31. The number of halogens is 1. The summed E-state index contributed by atoms with van der Waals surface area (Å²) >= 11 is 6.34. The molecular weight excluding hydrogens is 368 g/mol. The fraction of sp³-hybridized carbons (Fsp3) is 0.250. The van der Waals surface area contributed by atoms with Crippen molar-refractivity contribution >= 4 is 29.2 Å². The molecule has 1 heterocycles. The van der Waals surface area contributed by atoms with Crippen molar-refractivity contribution in [1.29, 1.82) is 0 Å². The lowest BCUT2D eigenvalue weighted by Gasteiger charge is -2.23. The molecule has 2 aromatic rings. The second-order valence-corrected chi connectivity index (χ2v) is 6.51. The quantitative estimate of drug-likeness (QED) is 0.765. The van der Waals surface area contributed by atoms with Gasteiger partial charge in [-0.15, -0.1) is 0 Å². The molecule has 0 bridgehead atoms. The van der Waals surface area contributed by atoms with Gasteiger partial charge in [-0.3, -0.25) is 4.79 Å². The molecule has 0 aliphatic carbocycles. The van der Waals surface area contributed by atoms with Crippen LogP contribution in [0.4, 0.5) is 0 Å². The van der Waals surface area contributed by atoms with Crippen LogP contribution in [0.5, 0.6) is 5.75 Å². The Bertz CT molecular complexity index is 897. The fourth-order valence-electron chi connectivity index (χ4n) is 3.10. The predicted octanol–water partition coefficient (Wildman–Crippen LogP) is 2.56. The van der Waals surface area contributed by atoms with E-state index in [4.69, 9.17) is 16.3 Å². The summed E-state index contributed by atoms with van der Waals surface area (Å²) in [4.78, 5) is 23.4. The number of para-hydroxylation sites is 1. The average Bonchev–Trinajstić information content (AvgIpc) is 3.11. The molecule has 1 atom stereocenters. The van der Waals surface area contributed by atoms with Crippen LogP contribution in [-0.2, 0) is 9.59 Å². The molecule has 140 valence electrons. The van der Waals surface area contributed by atoms with Gasteiger partial charge in [0.15, 0.2) is 0 Å². The molecule has 7 heteroatoms. The predicted molar refractivity (Wildman–Crippen MR) is 99.4 cm³/mol. The summed E-state index contributed by atoms with van der Waals surface area (Å²) in [7, 11) is 1.57. The van der Waals surface area contributed by atoms with Gasteiger partial charge < -0.3 is 14.6 Å². The van der Waals surface area contributed by atoms with Gasteiger partial charge in [-0.1, -0.05) is 41.9 Å². The Morgan fingerprint density at radius 2 is 1.89 bits per heavy atom. The Kier molecular flexibility index (Phi) is 5.76. The number of carbonyl (C=O) groups excluding carboxylic acids is 2. The molecule has 2 aromatic carbocycles. The number of benzene rings is 2. The molecule has 0 N–H and O–H groups in total. The van der Waals surface area contributed by atoms with E-state index in [1.54, 1.807) is 13.2 Å². The van der Waals surface area contributed by atoms with Gasteiger partial charge in [0.05, 0.1) is 18.9 Å². The number of nitrogens with zero attached hydrogens (tertiary/aromatic N) is 2. The van der Waals surface area contributed by atoms with Crippen LogP contribution >= 0.6 is 11.6 Å². The van der Waals surface area contributed by atoms with Crippen LogP contribution in [0.2, 0.25) is 5.02 Å². The highest BCUT2D eigenvalue weighted by Gasteiger charge is 2.34. The molecule has 0 radical (unpaired) electrons. The van der Waals surface area contributed by atoms with Crippen LogP contribution in [0.15, 0.2) is 53.6 Å². The summed E-state index contributed by atoms with van der Waals surface area (Å²) in [6.07, 6.45) is -0.1000. The smallest absolute Gasteiger partial charge is 0.243 e. The Morgan fingerprint density at radius 1 is 1.19 bits per heavy atom. The number of rotatable bonds is 6. The number of carboxylic acids is 1. The minimum absolute atomic E-state index is 0.189. The number of hydrogen-bond donors (Lipinski definition) is 0. The van der Waals surface area contributed by atoms with E-state index in [0.29, 0.717) is 22.9 Å². The molecule has 27 heavy (non-hydrogen) atoms. The van der Waals surface area contributed by atoms with Gasteiger partial charge in [-0.2, -0.15) is 5.10 Å². The minimum Gasteiger partial charge on any atom is -0.550 e. The fourth-order valence-corrected chi connectivity index (χ4v) is 3.36. The molecule has 1 aliphatic rings. The number of amides is 1. The maximum Gasteiger partial charge on any atom is 0.243 e. The van der Waals surface area contributed by atoms with Gasteiger partial charge in [0, 0.05) is 29.4 Å². The Morgan fingerprint density at radius 3 is 2.59 bits per heavy atom. The summed E-state index contributed by atoms with van der Waals surface area (Å²) in [5.41, 5.74) is 2.22. The van der Waals surface area contributed by atoms with Crippen LogP contribution < -0.4 is 9.84 Å². The standard InChI is InChI=1S/C20H19ClN2O4/c1-27-18-9-5-3-7-14(18)16-12-17(13-6-2-4-8-15(13)21)23(22-16)19(24)10-11-20(25)26/h2-9,17H,10-12H2,1H3,(H,25,26)/p-1/t17-/m1/s1. The summed E-state index contributed by atoms with van der Waals surface area (Å²) in [5.74, 6) is -1.02. The molecule has 6 nitrogen and oxygen atoms in total. The van der Waals surface area contributed by atoms with Crippen LogP contribution in [0.1, 0.15) is 36.4 Å². The van der Waals surface area contributed by atoms with Gasteiger partial charge in [0.1, 0.15) is 5.75 Å². The second kappa shape index (κ2) is 8.22. The molecule has 3 rings (SSSR count). The lowest BCUT2D eigenvalue weighted by molar-refractivity contribution is -0.305. The number of carbonyl (C=O) groups is 2. The first-order chi connectivity index (χ1) is 13.0. The van der Waals surface area contributed by atoms with E-state index in [0.717, 1.165) is 11.1 Å². The zero-order valence-corrected chi connectivity index (χ0v) is 15.5. The second-order valence-electron chi connectivity index (χ2n) is 6.10. The van der Waals surface area contributed by atoms with Crippen LogP contribution in [0.25, 0.3) is 0 Å². The van der Waals surface area contributed by atoms with Crippen molar-refractivity contribution in [3.8, 4) is 5.75 Å². The van der Waals surface area contributed by atoms with E-state index in [1.165, 1.54) is 5.01 Å². The third kappa shape index (κ3) is 4.11. The molecule has 0 fully saturated rings. The molecule has 0 unspecified atom stereocenters. The van der Waals surface area contributed by atoms with Gasteiger partial charge in [-0.05, 0) is 30.2 Å². The maximum absolute atomic E-state index is 12.6. The summed E-state index contributed by atoms with van der Waals surface area (Å²) < 4.78 is 5.40. The van der Waals surface area contributed by atoms with Crippen molar-refractivity contribution in [1.82, 2.24) is 5.01 Å². The van der Waals surface area contributed by atoms with Crippen molar-refractivity contribution < 1.29 is 19.4 Å². The van der Waals surface area contributed by atoms with E-state index in [2.05, 4.69) is 5.10 Å². The normalized spacial score (nSPS) is 16.1. The first-order valence-electron chi connectivity index (χ1n) is 8.48. The number of carboxylic acid groups (broad SMARTS) is 1. The number of ether oxygens (including phenoxy) is 1. The number of hydrazone groups is 1. The van der Waals surface area contributed by atoms with Crippen molar-refractivity contribution in [3.63, 3.8) is 0 Å². The Labute approximate surface area is 162 Å². The third-order valence-corrected chi connectivity index (χ3v) is 4.74. The van der Waals surface area contributed by atoms with Gasteiger partial charge in [-0.25, -0.2) is 5.01 Å². The molecule has 0 spiro atoms. The highest BCUT2D eigenvalue weighted by atomic mass is 35.5. The monoisotopic (exact) mass is 385 g/mol. The first kappa shape index (κ1) is 18.9. The zero-order chi connectivity index (χ0) is 19.4. The molecule has 1 amide bonds. The highest BCUT2D eigenvalue weighted by Crippen LogP contribution is 2.38. The van der Waals surface area contributed by atoms with E-state index in [9.17, 15) is 14.7 Å². The summed E-state index contributed by atoms with van der Waals surface area (Å²) in [6.45, 7) is 0. The number of methoxy groups -OCH3 is 1. The Balaban J connectivity index is 1.97. The number of hydrogen-bond acceptors (Lipinski definition) is 5. The van der Waals surface area contributed by atoms with Gasteiger partial charge in [0.2, 0.25) is 5.91 Å². The topological polar surface area (TPSA) is 82.0 Å². The van der Waals surface area contributed by atoms with E-state index in [-0.39, 0.29) is 12.8 Å². The third-order valence-electron chi connectivity index (χ3n) is 4.39. The van der Waals surface area contributed by atoms with E-state index >= 15 is 0 Å². The minimum atomic E-state index is -1.27. The summed E-state index contributed by atoms with van der Waals surface area (Å²) in [5, 5.41) is 17.1. The molecule has 0 saturated heterocycles. The molecule has 0 aromatic heterocycles. The van der Waals surface area contributed by atoms with Gasteiger partial charge >= 0.3 is 0 Å². The van der Waals surface area contributed by atoms with E-state index < -0.39 is 17.9 Å². The number of aliphatic carboxylic acids is 1. The lowest BCUT2D eigenvalue weighted by Crippen LogP contribution is -2.30. The average molecular weight is 386 g/mol. The summed E-state index contributed by atoms with van der Waals surface area (Å²) in [6, 6.07) is 14.2. The van der Waals surface area contributed by atoms with Crippen molar-refractivity contribution in [2.75, 3.05) is 7.11 Å². The Hall–Kier alpha value is -2.86. The van der Waals surface area contributed by atoms with Crippen LogP contribution in [0.3, 0.4) is 0 Å². The van der Waals surface area contributed by atoms with Crippen molar-refractivity contribution in [2.45, 2.75) is 25.3 Å². The zero-order valence-electron chi connectivity index (χ0n) is 14.7. The van der Waals surface area contributed by atoms with Crippen molar-refractivity contribution in [2.24, 2.45) is 5.10 Å². The largest absolute Gasteiger partial charge is 0.550 e. The van der Waals surface area contributed by atoms with E-state index in [1.807, 2.05) is 42.5 Å². The SMILES string of the molecule is COc1ccccc1C1=NN(C(=O)CCC(=O)[O-])[C@@H](c2ccccc2Cl)C1. The van der Waals surface area contributed by atoms with Crippen molar-refractivity contribution in [3.05, 3.63) is 64.7 Å². The lowest BCUT2D eigenvalue weighted by atomic mass is 9.97.